The van der Waals surface area contributed by atoms with Gasteiger partial charge in [0.1, 0.15) is 6.30 Å². The molecule has 0 rings (SSSR count). The summed E-state index contributed by atoms with van der Waals surface area (Å²) >= 11 is 17.4. The van der Waals surface area contributed by atoms with E-state index in [9.17, 15) is 4.39 Å². The van der Waals surface area contributed by atoms with E-state index in [1.54, 1.807) is 0 Å². The van der Waals surface area contributed by atoms with Crippen molar-refractivity contribution in [2.75, 3.05) is 6.30 Å². The van der Waals surface area contributed by atoms with Gasteiger partial charge in [-0.25, -0.2) is 0 Å². The lowest BCUT2D eigenvalue weighted by atomic mass is 11.8. The van der Waals surface area contributed by atoms with Gasteiger partial charge in [0.05, 0.1) is 0 Å². The van der Waals surface area contributed by atoms with Crippen LogP contribution in [-0.4, -0.2) is 46.5 Å². The molecule has 0 N–H and O–H groups in total. The molecular weight excluding hydrogens is 438 g/mol. The van der Waals surface area contributed by atoms with Gasteiger partial charge in [-0.05, 0) is 52.4 Å². The largest absolute Gasteiger partial charge is 0.485 e. The summed E-state index contributed by atoms with van der Waals surface area (Å²) in [5.41, 5.74) is 0. The molecule has 0 aliphatic carbocycles. The highest BCUT2D eigenvalue weighted by atomic mass is 35.8. The molecule has 22 heavy (non-hydrogen) atoms. The van der Waals surface area contributed by atoms with Crippen LogP contribution in [0.15, 0.2) is 0 Å². The maximum absolute atomic E-state index is 13.0. The fraction of sp³-hybridized carbons (Fsp3) is 1.00. The smallest absolute Gasteiger partial charge is 0.434 e. The first-order valence-corrected chi connectivity index (χ1v) is 23.3. The summed E-state index contributed by atoms with van der Waals surface area (Å²) in [7, 11) is -10.1. The van der Waals surface area contributed by atoms with Crippen LogP contribution >= 0.6 is 33.2 Å². The van der Waals surface area contributed by atoms with Crippen molar-refractivity contribution in [1.82, 2.24) is 0 Å². The van der Waals surface area contributed by atoms with E-state index in [1.165, 1.54) is 0 Å². The molecule has 13 heteroatoms. The lowest BCUT2D eigenvalue weighted by molar-refractivity contribution is 0.300. The van der Waals surface area contributed by atoms with E-state index in [0.29, 0.717) is 0 Å². The van der Waals surface area contributed by atoms with E-state index in [2.05, 4.69) is 0 Å². The van der Waals surface area contributed by atoms with Crippen LogP contribution in [0.4, 0.5) is 4.39 Å². The van der Waals surface area contributed by atoms with Crippen molar-refractivity contribution in [1.29, 1.82) is 0 Å². The van der Waals surface area contributed by atoms with E-state index >= 15 is 0 Å². The molecule has 0 aliphatic rings. The molecule has 0 spiro atoms. The Hall–Kier alpha value is 1.72. The second-order valence-electron chi connectivity index (χ2n) is 6.95. The average molecular weight is 464 g/mol. The van der Waals surface area contributed by atoms with E-state index < -0.39 is 46.5 Å². The Bertz CT molecular complexity index is 379. The first-order chi connectivity index (χ1) is 9.39. The second kappa shape index (κ2) is 7.95. The molecule has 0 fully saturated rings. The molecule has 0 aliphatic heterocycles. The predicted molar refractivity (Wildman–Crippen MR) is 104 cm³/mol. The van der Waals surface area contributed by atoms with Gasteiger partial charge in [0.2, 0.25) is 8.32 Å². The maximum Gasteiger partial charge on any atom is 0.485 e. The first kappa shape index (κ1) is 23.7. The van der Waals surface area contributed by atoms with Gasteiger partial charge in [-0.2, -0.15) is 0 Å². The highest BCUT2D eigenvalue weighted by Crippen LogP contribution is 2.30. The Kier molecular flexibility index (Phi) is 8.58. The van der Waals surface area contributed by atoms with Crippen LogP contribution < -0.4 is 0 Å². The Morgan fingerprint density at radius 2 is 0.955 bits per heavy atom. The van der Waals surface area contributed by atoms with Gasteiger partial charge in [-0.1, -0.05) is 33.2 Å². The molecule has 0 saturated heterocycles. The number of hydrogen-bond acceptors (Lipinski definition) is 4. The molecule has 0 atom stereocenters. The van der Waals surface area contributed by atoms with Crippen LogP contribution in [0, 0.1) is 0 Å². The number of alkyl halides is 1. The minimum Gasteiger partial charge on any atom is -0.434 e. The van der Waals surface area contributed by atoms with Gasteiger partial charge in [-0.3, -0.25) is 4.39 Å². The Balaban J connectivity index is 4.88. The third kappa shape index (κ3) is 11.3. The monoisotopic (exact) mass is 462 g/mol. The van der Waals surface area contributed by atoms with Crippen LogP contribution in [-0.2, 0) is 16.5 Å². The number of halogens is 4. The van der Waals surface area contributed by atoms with Crippen LogP contribution in [0.3, 0.4) is 0 Å². The van der Waals surface area contributed by atoms with E-state index in [-0.39, 0.29) is 0 Å². The van der Waals surface area contributed by atoms with Gasteiger partial charge in [-0.15, -0.1) is 0 Å². The minimum atomic E-state index is -3.24. The molecule has 0 aromatic carbocycles. The Labute approximate surface area is 152 Å². The summed E-state index contributed by atoms with van der Waals surface area (Å²) in [5, 5.41) is 0. The van der Waals surface area contributed by atoms with Crippen molar-refractivity contribution >= 4 is 73.5 Å². The SMILES string of the molecule is C[Si](C)(CF)O[Si](C)(C)O[Si](C)(C)O[Si](C)(C)O[Si](Cl)(Cl)Cl. The summed E-state index contributed by atoms with van der Waals surface area (Å²) in [6.45, 7) is 14.9. The van der Waals surface area contributed by atoms with Crippen LogP contribution in [0.1, 0.15) is 0 Å². The van der Waals surface area contributed by atoms with Crippen molar-refractivity contribution in [2.45, 2.75) is 52.4 Å². The van der Waals surface area contributed by atoms with E-state index in [4.69, 9.17) is 49.7 Å². The van der Waals surface area contributed by atoms with Crippen LogP contribution in [0.5, 0.6) is 0 Å². The van der Waals surface area contributed by atoms with E-state index in [1.807, 2.05) is 52.4 Å². The minimum absolute atomic E-state index is 0.447. The highest BCUT2D eigenvalue weighted by molar-refractivity contribution is 7.62. The van der Waals surface area contributed by atoms with Crippen molar-refractivity contribution < 1.29 is 20.9 Å². The lowest BCUT2D eigenvalue weighted by Crippen LogP contribution is -2.58. The first-order valence-electron chi connectivity index (χ1n) is 6.82. The fourth-order valence-corrected chi connectivity index (χ4v) is 26.1. The molecular formula is C9H26Cl3FO4Si5. The quantitative estimate of drug-likeness (QED) is 0.355. The average Bonchev–Trinajstić information content (AvgIpc) is 2.06. The van der Waals surface area contributed by atoms with Crippen molar-refractivity contribution in [3.8, 4) is 0 Å². The number of rotatable bonds is 9. The number of hydrogen-bond donors (Lipinski definition) is 0. The highest BCUT2D eigenvalue weighted by Gasteiger charge is 2.47. The molecule has 134 valence electrons. The summed E-state index contributed by atoms with van der Waals surface area (Å²) < 4.78 is 36.7. The summed E-state index contributed by atoms with van der Waals surface area (Å²) in [6.07, 6.45) is -3.68. The van der Waals surface area contributed by atoms with Gasteiger partial charge < -0.3 is 16.5 Å². The van der Waals surface area contributed by atoms with E-state index in [0.717, 1.165) is 0 Å². The molecule has 0 radical (unpaired) electrons. The third-order valence-corrected chi connectivity index (χ3v) is 19.8. The normalized spacial score (nSPS) is 15.3. The second-order valence-corrected chi connectivity index (χ2v) is 29.8. The zero-order chi connectivity index (χ0) is 18.0. The third-order valence-electron chi connectivity index (χ3n) is 2.19. The maximum atomic E-state index is 13.0. The summed E-state index contributed by atoms with van der Waals surface area (Å²) in [5.74, 6) is 0. The molecule has 0 heterocycles. The Morgan fingerprint density at radius 1 is 0.636 bits per heavy atom. The topological polar surface area (TPSA) is 36.9 Å². The van der Waals surface area contributed by atoms with Crippen molar-refractivity contribution in [3.63, 3.8) is 0 Å². The van der Waals surface area contributed by atoms with Gasteiger partial charge in [0.15, 0.2) is 0 Å². The van der Waals surface area contributed by atoms with Gasteiger partial charge >= 0.3 is 31.9 Å². The summed E-state index contributed by atoms with van der Waals surface area (Å²) in [6, 6.07) is 0. The fourth-order valence-electron chi connectivity index (χ4n) is 2.22. The van der Waals surface area contributed by atoms with Crippen LogP contribution in [0.2, 0.25) is 52.4 Å². The molecule has 0 bridgehead atoms. The zero-order valence-corrected chi connectivity index (χ0v) is 21.6. The zero-order valence-electron chi connectivity index (χ0n) is 14.4. The molecule has 4 nitrogen and oxygen atoms in total. The summed E-state index contributed by atoms with van der Waals surface area (Å²) in [4.78, 5) is 0. The predicted octanol–water partition coefficient (Wildman–Crippen LogP) is 5.02. The standard InChI is InChI=1S/C9H26Cl3FO4Si5/c1-18(2,9-13)14-19(3,4)15-20(5,6)16-21(7,8)17-22(10,11)12/h9H2,1-8H3. The van der Waals surface area contributed by atoms with Gasteiger partial charge in [0.25, 0.3) is 0 Å². The molecule has 0 amide bonds. The Morgan fingerprint density at radius 3 is 1.27 bits per heavy atom. The molecule has 0 saturated carbocycles. The van der Waals surface area contributed by atoms with Crippen LogP contribution in [0.25, 0.3) is 0 Å². The van der Waals surface area contributed by atoms with Gasteiger partial charge in [0, 0.05) is 0 Å². The molecule has 0 aromatic rings. The molecule has 0 aromatic heterocycles. The van der Waals surface area contributed by atoms with Crippen molar-refractivity contribution in [2.24, 2.45) is 0 Å². The lowest BCUT2D eigenvalue weighted by Gasteiger charge is -2.40. The van der Waals surface area contributed by atoms with Crippen molar-refractivity contribution in [3.05, 3.63) is 0 Å². The molecule has 0 unspecified atom stereocenters.